The maximum atomic E-state index is 12.8. The molecule has 5 nitrogen and oxygen atoms in total. The van der Waals surface area contributed by atoms with Gasteiger partial charge in [0.15, 0.2) is 0 Å². The first-order chi connectivity index (χ1) is 9.50. The van der Waals surface area contributed by atoms with Crippen LogP contribution in [0.1, 0.15) is 32.6 Å². The summed E-state index contributed by atoms with van der Waals surface area (Å²) in [6.45, 7) is 2.60. The van der Waals surface area contributed by atoms with E-state index in [1.54, 1.807) is 16.4 Å². The van der Waals surface area contributed by atoms with Crippen molar-refractivity contribution in [3.05, 3.63) is 18.2 Å². The number of methoxy groups -OCH3 is 1. The average molecular weight is 298 g/mol. The fraction of sp³-hybridized carbons (Fsp3) is 0.571. The second kappa shape index (κ2) is 6.01. The summed E-state index contributed by atoms with van der Waals surface area (Å²) in [4.78, 5) is 0.179. The monoisotopic (exact) mass is 298 g/mol. The molecule has 6 heteroatoms. The number of hydrogen-bond donors (Lipinski definition) is 1. The van der Waals surface area contributed by atoms with Gasteiger partial charge in [0.25, 0.3) is 0 Å². The van der Waals surface area contributed by atoms with Gasteiger partial charge in [0.05, 0.1) is 12.8 Å². The molecule has 112 valence electrons. The Morgan fingerprint density at radius 2 is 2.15 bits per heavy atom. The first-order valence-corrected chi connectivity index (χ1v) is 8.40. The SMILES string of the molecule is CCC1CCCCN1S(=O)(=O)c1ccc(OC)cc1N. The first kappa shape index (κ1) is 15.1. The second-order valence-corrected chi connectivity index (χ2v) is 6.94. The van der Waals surface area contributed by atoms with E-state index in [-0.39, 0.29) is 16.6 Å². The van der Waals surface area contributed by atoms with Gasteiger partial charge in [-0.25, -0.2) is 8.42 Å². The van der Waals surface area contributed by atoms with Crippen LogP contribution >= 0.6 is 0 Å². The molecular formula is C14H22N2O3S. The summed E-state index contributed by atoms with van der Waals surface area (Å²) in [6.07, 6.45) is 3.75. The molecule has 2 N–H and O–H groups in total. The predicted octanol–water partition coefficient (Wildman–Crippen LogP) is 2.23. The van der Waals surface area contributed by atoms with Gasteiger partial charge < -0.3 is 10.5 Å². The lowest BCUT2D eigenvalue weighted by Crippen LogP contribution is -2.43. The number of piperidine rings is 1. The van der Waals surface area contributed by atoms with E-state index in [0.717, 1.165) is 25.7 Å². The van der Waals surface area contributed by atoms with Crippen molar-refractivity contribution in [2.75, 3.05) is 19.4 Å². The lowest BCUT2D eigenvalue weighted by Gasteiger charge is -2.34. The highest BCUT2D eigenvalue weighted by atomic mass is 32.2. The molecule has 1 aromatic rings. The topological polar surface area (TPSA) is 72.6 Å². The standard InChI is InChI=1S/C14H22N2O3S/c1-3-11-6-4-5-9-16(11)20(17,18)14-8-7-12(19-2)10-13(14)15/h7-8,10-11H,3-6,9,15H2,1-2H3. The van der Waals surface area contributed by atoms with Crippen molar-refractivity contribution in [2.45, 2.75) is 43.5 Å². The molecule has 1 unspecified atom stereocenters. The zero-order valence-corrected chi connectivity index (χ0v) is 12.8. The summed E-state index contributed by atoms with van der Waals surface area (Å²) < 4.78 is 32.2. The average Bonchev–Trinajstić information content (AvgIpc) is 2.46. The summed E-state index contributed by atoms with van der Waals surface area (Å²) in [5, 5.41) is 0. The summed E-state index contributed by atoms with van der Waals surface area (Å²) >= 11 is 0. The van der Waals surface area contributed by atoms with E-state index < -0.39 is 10.0 Å². The van der Waals surface area contributed by atoms with Crippen molar-refractivity contribution in [1.82, 2.24) is 4.31 Å². The number of nitrogen functional groups attached to an aromatic ring is 1. The van der Waals surface area contributed by atoms with Crippen LogP contribution in [0.25, 0.3) is 0 Å². The van der Waals surface area contributed by atoms with Crippen molar-refractivity contribution < 1.29 is 13.2 Å². The molecule has 1 saturated heterocycles. The van der Waals surface area contributed by atoms with Crippen LogP contribution in [0, 0.1) is 0 Å². The van der Waals surface area contributed by atoms with Crippen LogP contribution in [0.3, 0.4) is 0 Å². The molecule has 1 aliphatic heterocycles. The van der Waals surface area contributed by atoms with E-state index in [0.29, 0.717) is 12.3 Å². The number of hydrogen-bond acceptors (Lipinski definition) is 4. The van der Waals surface area contributed by atoms with Gasteiger partial charge in [-0.3, -0.25) is 0 Å². The Labute approximate surface area is 120 Å². The van der Waals surface area contributed by atoms with Crippen LogP contribution in [0.4, 0.5) is 5.69 Å². The van der Waals surface area contributed by atoms with Crippen molar-refractivity contribution >= 4 is 15.7 Å². The Bertz CT molecular complexity index is 572. The minimum Gasteiger partial charge on any atom is -0.497 e. The summed E-state index contributed by atoms with van der Waals surface area (Å²) in [5.41, 5.74) is 6.13. The quantitative estimate of drug-likeness (QED) is 0.865. The third kappa shape index (κ3) is 2.76. The molecule has 2 rings (SSSR count). The van der Waals surface area contributed by atoms with E-state index in [4.69, 9.17) is 10.5 Å². The third-order valence-electron chi connectivity index (χ3n) is 3.85. The lowest BCUT2D eigenvalue weighted by molar-refractivity contribution is 0.246. The van der Waals surface area contributed by atoms with Gasteiger partial charge >= 0.3 is 0 Å². The highest BCUT2D eigenvalue weighted by Gasteiger charge is 2.33. The number of nitrogens with zero attached hydrogens (tertiary/aromatic N) is 1. The molecule has 0 bridgehead atoms. The van der Waals surface area contributed by atoms with E-state index in [1.165, 1.54) is 13.2 Å². The molecule has 1 atom stereocenters. The number of ether oxygens (including phenoxy) is 1. The highest BCUT2D eigenvalue weighted by molar-refractivity contribution is 7.89. The van der Waals surface area contributed by atoms with Gasteiger partial charge in [-0.1, -0.05) is 13.3 Å². The minimum absolute atomic E-state index is 0.0789. The molecule has 0 spiro atoms. The Morgan fingerprint density at radius 3 is 2.75 bits per heavy atom. The van der Waals surface area contributed by atoms with Crippen LogP contribution in [0.2, 0.25) is 0 Å². The Balaban J connectivity index is 2.38. The number of nitrogens with two attached hydrogens (primary N) is 1. The lowest BCUT2D eigenvalue weighted by atomic mass is 10.0. The van der Waals surface area contributed by atoms with Gasteiger partial charge in [-0.2, -0.15) is 4.31 Å². The zero-order chi connectivity index (χ0) is 14.8. The fourth-order valence-corrected chi connectivity index (χ4v) is 4.58. The maximum absolute atomic E-state index is 12.8. The van der Waals surface area contributed by atoms with Crippen LogP contribution < -0.4 is 10.5 Å². The summed E-state index contributed by atoms with van der Waals surface area (Å²) in [5.74, 6) is 0.562. The van der Waals surface area contributed by atoms with Crippen LogP contribution in [0.15, 0.2) is 23.1 Å². The zero-order valence-electron chi connectivity index (χ0n) is 12.0. The van der Waals surface area contributed by atoms with Gasteiger partial charge in [0, 0.05) is 18.7 Å². The molecule has 1 heterocycles. The molecule has 1 aliphatic rings. The molecule has 0 amide bonds. The molecule has 0 saturated carbocycles. The first-order valence-electron chi connectivity index (χ1n) is 6.96. The van der Waals surface area contributed by atoms with Crippen LogP contribution in [-0.2, 0) is 10.0 Å². The molecule has 0 radical (unpaired) electrons. The normalized spacial score (nSPS) is 20.8. The van der Waals surface area contributed by atoms with Gasteiger partial charge in [-0.15, -0.1) is 0 Å². The van der Waals surface area contributed by atoms with Crippen molar-refractivity contribution in [3.8, 4) is 5.75 Å². The van der Waals surface area contributed by atoms with Gasteiger partial charge in [-0.05, 0) is 31.4 Å². The minimum atomic E-state index is -3.53. The summed E-state index contributed by atoms with van der Waals surface area (Å²) in [7, 11) is -2.00. The smallest absolute Gasteiger partial charge is 0.245 e. The van der Waals surface area contributed by atoms with E-state index in [1.807, 2.05) is 6.92 Å². The number of sulfonamides is 1. The van der Waals surface area contributed by atoms with E-state index in [9.17, 15) is 8.42 Å². The molecule has 1 aromatic carbocycles. The predicted molar refractivity (Wildman–Crippen MR) is 79.2 cm³/mol. The molecule has 0 aliphatic carbocycles. The van der Waals surface area contributed by atoms with E-state index >= 15 is 0 Å². The van der Waals surface area contributed by atoms with Gasteiger partial charge in [0.1, 0.15) is 10.6 Å². The second-order valence-electron chi connectivity index (χ2n) is 5.08. The van der Waals surface area contributed by atoms with Crippen molar-refractivity contribution in [1.29, 1.82) is 0 Å². The third-order valence-corrected chi connectivity index (χ3v) is 5.87. The van der Waals surface area contributed by atoms with Crippen LogP contribution in [0.5, 0.6) is 5.75 Å². The Morgan fingerprint density at radius 1 is 1.40 bits per heavy atom. The molecule has 0 aromatic heterocycles. The van der Waals surface area contributed by atoms with Crippen LogP contribution in [-0.4, -0.2) is 32.4 Å². The Hall–Kier alpha value is -1.27. The van der Waals surface area contributed by atoms with Gasteiger partial charge in [0.2, 0.25) is 10.0 Å². The largest absolute Gasteiger partial charge is 0.497 e. The molecule has 1 fully saturated rings. The van der Waals surface area contributed by atoms with Crippen molar-refractivity contribution in [2.24, 2.45) is 0 Å². The Kier molecular flexibility index (Phi) is 4.55. The number of rotatable bonds is 4. The highest BCUT2D eigenvalue weighted by Crippen LogP contribution is 2.31. The van der Waals surface area contributed by atoms with Crippen molar-refractivity contribution in [3.63, 3.8) is 0 Å². The number of anilines is 1. The molecule has 20 heavy (non-hydrogen) atoms. The number of benzene rings is 1. The summed E-state index contributed by atoms with van der Waals surface area (Å²) in [6, 6.07) is 4.80. The fourth-order valence-electron chi connectivity index (χ4n) is 2.71. The maximum Gasteiger partial charge on any atom is 0.245 e. The van der Waals surface area contributed by atoms with E-state index in [2.05, 4.69) is 0 Å². The molecular weight excluding hydrogens is 276 g/mol.